The molecule has 7 heteroatoms. The average molecular weight is 262 g/mol. The second kappa shape index (κ2) is 6.32. The summed E-state index contributed by atoms with van der Waals surface area (Å²) in [6.07, 6.45) is 1.42. The van der Waals surface area contributed by atoms with Gasteiger partial charge in [0.1, 0.15) is 4.99 Å². The van der Waals surface area contributed by atoms with E-state index in [0.29, 0.717) is 11.1 Å². The Morgan fingerprint density at radius 2 is 2.17 bits per heavy atom. The Morgan fingerprint density at radius 1 is 1.50 bits per heavy atom. The highest BCUT2D eigenvalue weighted by Crippen LogP contribution is 2.10. The summed E-state index contributed by atoms with van der Waals surface area (Å²) in [4.78, 5) is 10.9. The molecule has 92 valence electrons. The van der Waals surface area contributed by atoms with Crippen LogP contribution in [0.2, 0.25) is 0 Å². The van der Waals surface area contributed by atoms with E-state index in [4.69, 9.17) is 28.0 Å². The highest BCUT2D eigenvalue weighted by Gasteiger charge is 2.11. The molecule has 0 bridgehead atoms. The number of nitrogens with zero attached hydrogens (tertiary/aromatic N) is 1. The molecule has 0 saturated heterocycles. The third-order valence-corrected chi connectivity index (χ3v) is 2.35. The van der Waals surface area contributed by atoms with Crippen LogP contribution in [0.15, 0.2) is 24.3 Å². The molecule has 0 unspecified atom stereocenters. The summed E-state index contributed by atoms with van der Waals surface area (Å²) in [5.41, 5.74) is 1.08. The van der Waals surface area contributed by atoms with Gasteiger partial charge in [0.2, 0.25) is 5.96 Å². The topological polar surface area (TPSA) is 109 Å². The standard InChI is InChI=1S/C11H10N4O2S/c12-6-14-11(13)15-10(18)8-4-2-1-3-7(8)5-9(16)17/h1-4H,5H2,(H,16,17)(H3,13,14,15,18). The number of hydrogen-bond acceptors (Lipinski definition) is 4. The molecule has 4 N–H and O–H groups in total. The van der Waals surface area contributed by atoms with Gasteiger partial charge in [-0.1, -0.05) is 36.5 Å². The van der Waals surface area contributed by atoms with E-state index >= 15 is 0 Å². The van der Waals surface area contributed by atoms with Crippen LogP contribution in [0.3, 0.4) is 0 Å². The van der Waals surface area contributed by atoms with Crippen LogP contribution in [0.4, 0.5) is 0 Å². The molecule has 0 fully saturated rings. The van der Waals surface area contributed by atoms with Gasteiger partial charge in [0.15, 0.2) is 6.19 Å². The van der Waals surface area contributed by atoms with Gasteiger partial charge in [-0.25, -0.2) is 0 Å². The third kappa shape index (κ3) is 3.84. The van der Waals surface area contributed by atoms with Gasteiger partial charge < -0.3 is 10.4 Å². The summed E-state index contributed by atoms with van der Waals surface area (Å²) >= 11 is 5.06. The number of rotatable bonds is 3. The van der Waals surface area contributed by atoms with Crippen LogP contribution in [0.5, 0.6) is 0 Å². The molecule has 0 amide bonds. The van der Waals surface area contributed by atoms with Gasteiger partial charge in [0.25, 0.3) is 0 Å². The lowest BCUT2D eigenvalue weighted by molar-refractivity contribution is -0.136. The Bertz CT molecular complexity index is 536. The van der Waals surface area contributed by atoms with E-state index in [1.807, 2.05) is 0 Å². The number of aliphatic carboxylic acids is 1. The predicted octanol–water partition coefficient (Wildman–Crippen LogP) is 0.584. The summed E-state index contributed by atoms with van der Waals surface area (Å²) in [5, 5.41) is 29.0. The fourth-order valence-corrected chi connectivity index (χ4v) is 1.63. The number of carboxylic acid groups (broad SMARTS) is 1. The molecule has 0 heterocycles. The first kappa shape index (κ1) is 13.6. The lowest BCUT2D eigenvalue weighted by Gasteiger charge is -2.10. The molecule has 0 aliphatic rings. The van der Waals surface area contributed by atoms with Crippen molar-refractivity contribution in [3.8, 4) is 6.19 Å². The largest absolute Gasteiger partial charge is 0.481 e. The monoisotopic (exact) mass is 262 g/mol. The Labute approximate surface area is 109 Å². The number of nitriles is 1. The first-order valence-electron chi connectivity index (χ1n) is 4.89. The van der Waals surface area contributed by atoms with Crippen LogP contribution in [0.25, 0.3) is 0 Å². The SMILES string of the molecule is N#CNC(=N)NC(=S)c1ccccc1CC(=O)O. The van der Waals surface area contributed by atoms with Crippen molar-refractivity contribution in [2.75, 3.05) is 0 Å². The van der Waals surface area contributed by atoms with Gasteiger partial charge in [-0.05, 0) is 5.56 Å². The van der Waals surface area contributed by atoms with Crippen molar-refractivity contribution in [2.24, 2.45) is 0 Å². The minimum Gasteiger partial charge on any atom is -0.481 e. The number of thiocarbonyl (C=S) groups is 1. The summed E-state index contributed by atoms with van der Waals surface area (Å²) < 4.78 is 0. The maximum absolute atomic E-state index is 10.7. The fraction of sp³-hybridized carbons (Fsp3) is 0.0909. The Kier molecular flexibility index (Phi) is 4.78. The van der Waals surface area contributed by atoms with Gasteiger partial charge >= 0.3 is 5.97 Å². The van der Waals surface area contributed by atoms with Crippen molar-refractivity contribution in [1.29, 1.82) is 10.7 Å². The molecule has 0 aliphatic carbocycles. The van der Waals surface area contributed by atoms with Crippen molar-refractivity contribution in [3.05, 3.63) is 35.4 Å². The number of carboxylic acids is 1. The molecule has 0 aromatic heterocycles. The quantitative estimate of drug-likeness (QED) is 0.209. The Morgan fingerprint density at radius 3 is 2.78 bits per heavy atom. The van der Waals surface area contributed by atoms with E-state index in [1.165, 1.54) is 0 Å². The van der Waals surface area contributed by atoms with Crippen LogP contribution in [0.1, 0.15) is 11.1 Å². The molecule has 18 heavy (non-hydrogen) atoms. The van der Waals surface area contributed by atoms with Crippen molar-refractivity contribution in [2.45, 2.75) is 6.42 Å². The first-order valence-corrected chi connectivity index (χ1v) is 5.30. The summed E-state index contributed by atoms with van der Waals surface area (Å²) in [5.74, 6) is -1.22. The number of guanidine groups is 1. The van der Waals surface area contributed by atoms with Crippen LogP contribution in [-0.4, -0.2) is 22.0 Å². The summed E-state index contributed by atoms with van der Waals surface area (Å²) in [6.45, 7) is 0. The second-order valence-corrected chi connectivity index (χ2v) is 3.70. The molecule has 1 aromatic carbocycles. The molecule has 0 saturated carbocycles. The zero-order chi connectivity index (χ0) is 13.5. The molecule has 6 nitrogen and oxygen atoms in total. The second-order valence-electron chi connectivity index (χ2n) is 3.29. The molecule has 0 spiro atoms. The van der Waals surface area contributed by atoms with E-state index in [2.05, 4.69) is 10.6 Å². The van der Waals surface area contributed by atoms with Crippen molar-refractivity contribution < 1.29 is 9.90 Å². The lowest BCUT2D eigenvalue weighted by atomic mass is 10.0. The van der Waals surface area contributed by atoms with Crippen LogP contribution in [-0.2, 0) is 11.2 Å². The molecule has 0 radical (unpaired) electrons. The van der Waals surface area contributed by atoms with Crippen LogP contribution < -0.4 is 10.6 Å². The van der Waals surface area contributed by atoms with Crippen LogP contribution in [0, 0.1) is 16.9 Å². The van der Waals surface area contributed by atoms with Gasteiger partial charge in [0, 0.05) is 5.56 Å². The van der Waals surface area contributed by atoms with E-state index in [0.717, 1.165) is 0 Å². The Hall–Kier alpha value is -2.46. The third-order valence-electron chi connectivity index (χ3n) is 2.02. The van der Waals surface area contributed by atoms with Crippen molar-refractivity contribution >= 4 is 29.1 Å². The van der Waals surface area contributed by atoms with E-state index in [9.17, 15) is 4.79 Å². The first-order chi connectivity index (χ1) is 8.54. The normalized spacial score (nSPS) is 9.06. The zero-order valence-corrected chi connectivity index (χ0v) is 10.0. The maximum atomic E-state index is 10.7. The smallest absolute Gasteiger partial charge is 0.307 e. The minimum absolute atomic E-state index is 0.156. The molecule has 1 aromatic rings. The van der Waals surface area contributed by atoms with E-state index in [1.54, 1.807) is 30.5 Å². The minimum atomic E-state index is -0.963. The number of carbonyl (C=O) groups is 1. The fourth-order valence-electron chi connectivity index (χ4n) is 1.33. The van der Waals surface area contributed by atoms with Crippen molar-refractivity contribution in [1.82, 2.24) is 10.6 Å². The van der Waals surface area contributed by atoms with Gasteiger partial charge in [-0.3, -0.25) is 15.5 Å². The highest BCUT2D eigenvalue weighted by molar-refractivity contribution is 7.80. The maximum Gasteiger partial charge on any atom is 0.307 e. The molecule has 0 atom stereocenters. The molecular formula is C11H10N4O2S. The lowest BCUT2D eigenvalue weighted by Crippen LogP contribution is -2.37. The molecular weight excluding hydrogens is 252 g/mol. The predicted molar refractivity (Wildman–Crippen MR) is 69.1 cm³/mol. The molecule has 1 rings (SSSR count). The number of nitrogens with one attached hydrogen (secondary N) is 3. The number of benzene rings is 1. The highest BCUT2D eigenvalue weighted by atomic mass is 32.1. The van der Waals surface area contributed by atoms with Crippen LogP contribution >= 0.6 is 12.2 Å². The van der Waals surface area contributed by atoms with Crippen molar-refractivity contribution in [3.63, 3.8) is 0 Å². The average Bonchev–Trinajstić information content (AvgIpc) is 2.28. The van der Waals surface area contributed by atoms with E-state index in [-0.39, 0.29) is 17.4 Å². The summed E-state index contributed by atoms with van der Waals surface area (Å²) in [6, 6.07) is 6.74. The van der Waals surface area contributed by atoms with E-state index < -0.39 is 5.97 Å². The Balaban J connectivity index is 2.89. The number of hydrogen-bond donors (Lipinski definition) is 4. The zero-order valence-electron chi connectivity index (χ0n) is 9.23. The molecule has 0 aliphatic heterocycles. The van der Waals surface area contributed by atoms with Gasteiger partial charge in [-0.2, -0.15) is 5.26 Å². The van der Waals surface area contributed by atoms with Gasteiger partial charge in [-0.15, -0.1) is 0 Å². The summed E-state index contributed by atoms with van der Waals surface area (Å²) in [7, 11) is 0. The van der Waals surface area contributed by atoms with Gasteiger partial charge in [0.05, 0.1) is 6.42 Å².